The third-order valence-electron chi connectivity index (χ3n) is 6.16. The van der Waals surface area contributed by atoms with Crippen molar-refractivity contribution in [3.8, 4) is 11.5 Å². The van der Waals surface area contributed by atoms with E-state index in [2.05, 4.69) is 37.9 Å². The molecule has 9 heteroatoms. The number of aromatic nitrogens is 5. The third-order valence-corrected chi connectivity index (χ3v) is 6.16. The summed E-state index contributed by atoms with van der Waals surface area (Å²) in [7, 11) is 0. The van der Waals surface area contributed by atoms with E-state index in [1.165, 1.54) is 11.6 Å². The average molecular weight is 498 g/mol. The Labute approximate surface area is 214 Å². The number of hydrogen-bond donors (Lipinski definition) is 2. The highest BCUT2D eigenvalue weighted by Crippen LogP contribution is 2.23. The quantitative estimate of drug-likeness (QED) is 0.278. The Hall–Kier alpha value is -4.37. The first kappa shape index (κ1) is 24.3. The molecule has 0 spiro atoms. The summed E-state index contributed by atoms with van der Waals surface area (Å²) in [4.78, 5) is 17.6. The lowest BCUT2D eigenvalue weighted by molar-refractivity contribution is 0.102. The van der Waals surface area contributed by atoms with Crippen molar-refractivity contribution in [1.29, 1.82) is 0 Å². The summed E-state index contributed by atoms with van der Waals surface area (Å²) in [6.07, 6.45) is 3.55. The van der Waals surface area contributed by atoms with Crippen molar-refractivity contribution in [2.24, 2.45) is 0 Å². The number of rotatable bonds is 9. The summed E-state index contributed by atoms with van der Waals surface area (Å²) in [5, 5.41) is 15.0. The van der Waals surface area contributed by atoms with E-state index < -0.39 is 11.7 Å². The van der Waals surface area contributed by atoms with Crippen LogP contribution in [0.5, 0.6) is 0 Å². The van der Waals surface area contributed by atoms with Gasteiger partial charge in [-0.05, 0) is 49.7 Å². The maximum absolute atomic E-state index is 14.9. The van der Waals surface area contributed by atoms with E-state index in [4.69, 9.17) is 0 Å². The summed E-state index contributed by atoms with van der Waals surface area (Å²) in [5.41, 5.74) is 2.53. The first-order valence-corrected chi connectivity index (χ1v) is 12.2. The Balaban J connectivity index is 1.31. The number of carbonyl (C=O) groups is 1. The molecule has 0 fully saturated rings. The number of fused-ring (bicyclic) bond motifs is 1. The topological polar surface area (TPSA) is 89.7 Å². The number of benzene rings is 2. The predicted octanol–water partition coefficient (Wildman–Crippen LogP) is 5.06. The molecular weight excluding hydrogens is 469 g/mol. The Kier molecular flexibility index (Phi) is 7.04. The van der Waals surface area contributed by atoms with E-state index in [0.717, 1.165) is 24.0 Å². The first-order chi connectivity index (χ1) is 18.0. The summed E-state index contributed by atoms with van der Waals surface area (Å²) < 4.78 is 18.8. The second-order valence-corrected chi connectivity index (χ2v) is 9.08. The summed E-state index contributed by atoms with van der Waals surface area (Å²) in [6.45, 7) is 6.22. The molecule has 0 aliphatic rings. The second kappa shape index (κ2) is 10.7. The molecule has 8 nitrogen and oxygen atoms in total. The van der Waals surface area contributed by atoms with Crippen molar-refractivity contribution in [3.63, 3.8) is 0 Å². The molecule has 3 aromatic heterocycles. The zero-order valence-corrected chi connectivity index (χ0v) is 20.7. The smallest absolute Gasteiger partial charge is 0.259 e. The monoisotopic (exact) mass is 497 g/mol. The number of amides is 1. The molecule has 1 amide bonds. The maximum atomic E-state index is 14.9. The molecule has 37 heavy (non-hydrogen) atoms. The summed E-state index contributed by atoms with van der Waals surface area (Å²) in [5.74, 6) is -0.247. The predicted molar refractivity (Wildman–Crippen MR) is 142 cm³/mol. The van der Waals surface area contributed by atoms with Crippen LogP contribution in [0.2, 0.25) is 0 Å². The van der Waals surface area contributed by atoms with Crippen LogP contribution in [0, 0.1) is 5.82 Å². The van der Waals surface area contributed by atoms with Crippen LogP contribution < -0.4 is 10.6 Å². The number of anilines is 1. The van der Waals surface area contributed by atoms with Crippen LogP contribution in [0.3, 0.4) is 0 Å². The van der Waals surface area contributed by atoms with E-state index in [9.17, 15) is 9.18 Å². The van der Waals surface area contributed by atoms with Crippen molar-refractivity contribution in [3.05, 3.63) is 96.2 Å². The largest absolute Gasteiger partial charge is 0.346 e. The van der Waals surface area contributed by atoms with Gasteiger partial charge in [0.1, 0.15) is 23.7 Å². The highest BCUT2D eigenvalue weighted by atomic mass is 19.1. The van der Waals surface area contributed by atoms with Gasteiger partial charge in [0.05, 0.1) is 5.56 Å². The third kappa shape index (κ3) is 5.41. The van der Waals surface area contributed by atoms with E-state index in [1.807, 2.05) is 53.4 Å². The molecule has 0 radical (unpaired) electrons. The Morgan fingerprint density at radius 1 is 1.05 bits per heavy atom. The van der Waals surface area contributed by atoms with Crippen LogP contribution in [-0.2, 0) is 13.1 Å². The lowest BCUT2D eigenvalue weighted by Gasteiger charge is -2.11. The minimum absolute atomic E-state index is 0.0396. The van der Waals surface area contributed by atoms with Crippen LogP contribution in [0.15, 0.2) is 79.3 Å². The average Bonchev–Trinajstić information content (AvgIpc) is 3.54. The summed E-state index contributed by atoms with van der Waals surface area (Å²) in [6, 6.07) is 20.4. The number of carbonyl (C=O) groups excluding carboxylic acids is 1. The molecule has 0 aliphatic carbocycles. The lowest BCUT2D eigenvalue weighted by atomic mass is 10.1. The zero-order chi connectivity index (χ0) is 25.8. The summed E-state index contributed by atoms with van der Waals surface area (Å²) >= 11 is 0. The molecule has 3 heterocycles. The van der Waals surface area contributed by atoms with Crippen LogP contribution in [0.25, 0.3) is 22.4 Å². The normalized spacial score (nSPS) is 11.4. The van der Waals surface area contributed by atoms with Crippen molar-refractivity contribution in [1.82, 2.24) is 29.6 Å². The van der Waals surface area contributed by atoms with Gasteiger partial charge in [0.15, 0.2) is 5.82 Å². The van der Waals surface area contributed by atoms with E-state index >= 15 is 0 Å². The molecule has 5 aromatic rings. The van der Waals surface area contributed by atoms with Crippen molar-refractivity contribution in [2.75, 3.05) is 11.9 Å². The van der Waals surface area contributed by atoms with Gasteiger partial charge < -0.3 is 19.8 Å². The van der Waals surface area contributed by atoms with Gasteiger partial charge in [0.2, 0.25) is 0 Å². The molecule has 5 rings (SSSR count). The van der Waals surface area contributed by atoms with Gasteiger partial charge in [-0.15, -0.1) is 10.2 Å². The first-order valence-electron chi connectivity index (χ1n) is 12.2. The Morgan fingerprint density at radius 2 is 1.89 bits per heavy atom. The second-order valence-electron chi connectivity index (χ2n) is 9.08. The van der Waals surface area contributed by atoms with Crippen LogP contribution in [-0.4, -0.2) is 36.8 Å². The Morgan fingerprint density at radius 3 is 2.70 bits per heavy atom. The number of hydrogen-bond acceptors (Lipinski definition) is 5. The number of nitrogens with one attached hydrogen (secondary N) is 2. The van der Waals surface area contributed by atoms with E-state index in [0.29, 0.717) is 23.9 Å². The van der Waals surface area contributed by atoms with Gasteiger partial charge >= 0.3 is 0 Å². The van der Waals surface area contributed by atoms with Crippen molar-refractivity contribution >= 4 is 22.6 Å². The molecule has 0 aliphatic heterocycles. The molecule has 0 saturated heterocycles. The van der Waals surface area contributed by atoms with Gasteiger partial charge in [-0.1, -0.05) is 36.4 Å². The Bertz CT molecular complexity index is 1520. The van der Waals surface area contributed by atoms with Crippen LogP contribution in [0.4, 0.5) is 10.2 Å². The highest BCUT2D eigenvalue weighted by Gasteiger charge is 2.17. The fourth-order valence-electron chi connectivity index (χ4n) is 4.22. The standard InChI is InChI=1S/C28H28FN7O/c1-19(2)36-18-31-34-27(36)24-9-6-10-26(32-24)33-28(37)22-16-25-21(15-23(22)29)11-13-35(25)14-12-30-17-20-7-4-3-5-8-20/h3-11,13,15-16,18-19,30H,12,14,17H2,1-2H3,(H,32,33,37). The molecule has 188 valence electrons. The van der Waals surface area contributed by atoms with Crippen LogP contribution in [0.1, 0.15) is 35.8 Å². The molecule has 0 saturated carbocycles. The zero-order valence-electron chi connectivity index (χ0n) is 20.7. The molecule has 2 N–H and O–H groups in total. The van der Waals surface area contributed by atoms with Crippen molar-refractivity contribution < 1.29 is 9.18 Å². The van der Waals surface area contributed by atoms with Gasteiger partial charge in [-0.2, -0.15) is 0 Å². The van der Waals surface area contributed by atoms with Crippen LogP contribution >= 0.6 is 0 Å². The van der Waals surface area contributed by atoms with Gasteiger partial charge in [0.25, 0.3) is 5.91 Å². The minimum Gasteiger partial charge on any atom is -0.346 e. The number of halogens is 1. The fourth-order valence-corrected chi connectivity index (χ4v) is 4.22. The maximum Gasteiger partial charge on any atom is 0.259 e. The SMILES string of the molecule is CC(C)n1cnnc1-c1cccc(NC(=O)c2cc3c(ccn3CCNCc3ccccc3)cc2F)n1. The molecule has 0 atom stereocenters. The van der Waals surface area contributed by atoms with Gasteiger partial charge in [-0.3, -0.25) is 4.79 Å². The highest BCUT2D eigenvalue weighted by molar-refractivity contribution is 6.06. The number of nitrogens with zero attached hydrogens (tertiary/aromatic N) is 5. The fraction of sp³-hybridized carbons (Fsp3) is 0.214. The molecule has 0 unspecified atom stereocenters. The van der Waals surface area contributed by atoms with E-state index in [1.54, 1.807) is 30.6 Å². The van der Waals surface area contributed by atoms with Gasteiger partial charge in [-0.25, -0.2) is 9.37 Å². The lowest BCUT2D eigenvalue weighted by Crippen LogP contribution is -2.19. The van der Waals surface area contributed by atoms with Gasteiger partial charge in [0, 0.05) is 42.8 Å². The van der Waals surface area contributed by atoms with Crippen molar-refractivity contribution in [2.45, 2.75) is 33.0 Å². The minimum atomic E-state index is -0.583. The molecule has 0 bridgehead atoms. The number of pyridine rings is 1. The molecule has 2 aromatic carbocycles. The molecular formula is C28H28FN7O. The van der Waals surface area contributed by atoms with E-state index in [-0.39, 0.29) is 11.6 Å².